The molecule has 0 N–H and O–H groups in total. The highest BCUT2D eigenvalue weighted by Gasteiger charge is 2.53. The number of ether oxygens (including phenoxy) is 1. The van der Waals surface area contributed by atoms with Crippen LogP contribution >= 0.6 is 0 Å². The molecule has 0 aromatic heterocycles. The van der Waals surface area contributed by atoms with E-state index in [0.717, 1.165) is 18.2 Å². The summed E-state index contributed by atoms with van der Waals surface area (Å²) >= 11 is 0. The van der Waals surface area contributed by atoms with E-state index in [0.29, 0.717) is 0 Å². The normalized spacial score (nSPS) is 70.2. The van der Waals surface area contributed by atoms with Crippen LogP contribution in [-0.4, -0.2) is 31.5 Å². The summed E-state index contributed by atoms with van der Waals surface area (Å²) in [5.41, 5.74) is -4.42. The van der Waals surface area contributed by atoms with Gasteiger partial charge in [0.15, 0.2) is 0 Å². The molecule has 0 spiro atoms. The predicted molar refractivity (Wildman–Crippen MR) is 81.4 cm³/mol. The molecule has 2 aliphatic carbocycles. The molecule has 1 saturated carbocycles. The molecule has 3 aliphatic rings. The highest BCUT2D eigenvalue weighted by Crippen LogP contribution is 2.55. The van der Waals surface area contributed by atoms with Gasteiger partial charge in [0, 0.05) is 33.4 Å². The second kappa shape index (κ2) is 4.49. The zero-order valence-electron chi connectivity index (χ0n) is 29.4. The van der Waals surface area contributed by atoms with Gasteiger partial charge in [0.05, 0.1) is 11.2 Å². The molecule has 4 rings (SSSR count). The Morgan fingerprint density at radius 1 is 1.45 bits per heavy atom. The number of likely N-dealkylation sites (tertiary alicyclic amines) is 1. The molecular formula is C18H25NO. The first kappa shape index (κ1) is 3.65. The number of hydrogen-bond donors (Lipinski definition) is 0. The molecule has 2 heteroatoms. The number of likely N-dealkylation sites (N-methyl/N-ethyl adjacent to an activating group) is 1. The summed E-state index contributed by atoms with van der Waals surface area (Å²) in [6, 6.07) is 0.732. The fraction of sp³-hybridized carbons (Fsp3) is 0.667. The molecule has 0 radical (unpaired) electrons. The Labute approximate surface area is 148 Å². The molecule has 1 heterocycles. The van der Waals surface area contributed by atoms with E-state index in [9.17, 15) is 1.37 Å². The number of fused-ring (bicyclic) bond motifs is 1. The first-order valence-electron chi connectivity index (χ1n) is 15.7. The van der Waals surface area contributed by atoms with Crippen molar-refractivity contribution in [3.8, 4) is 5.75 Å². The molecule has 1 aliphatic heterocycles. The van der Waals surface area contributed by atoms with Gasteiger partial charge in [-0.2, -0.15) is 0 Å². The Bertz CT molecular complexity index is 1200. The highest BCUT2D eigenvalue weighted by atomic mass is 16.5. The van der Waals surface area contributed by atoms with E-state index >= 15 is 0 Å². The Morgan fingerprint density at radius 2 is 2.45 bits per heavy atom. The van der Waals surface area contributed by atoms with E-state index in [1.54, 1.807) is 0 Å². The van der Waals surface area contributed by atoms with E-state index in [1.165, 1.54) is 0 Å². The van der Waals surface area contributed by atoms with Crippen molar-refractivity contribution in [1.29, 1.82) is 0 Å². The molecule has 108 valence electrons. The Kier molecular flexibility index (Phi) is 0.820. The lowest BCUT2D eigenvalue weighted by Gasteiger charge is -2.58. The van der Waals surface area contributed by atoms with E-state index < -0.39 is 87.5 Å². The second-order valence-corrected chi connectivity index (χ2v) is 4.91. The van der Waals surface area contributed by atoms with Crippen molar-refractivity contribution in [3.05, 3.63) is 29.3 Å². The zero-order chi connectivity index (χ0) is 30.4. The number of rotatable bonds is 1. The van der Waals surface area contributed by atoms with Crippen molar-refractivity contribution >= 4 is 0 Å². The van der Waals surface area contributed by atoms with Gasteiger partial charge in [-0.05, 0) is 68.2 Å². The third-order valence-electron chi connectivity index (χ3n) is 3.94. The molecule has 2 bridgehead atoms. The average molecular weight is 291 g/mol. The minimum absolute atomic E-state index is 0.0497. The largest absolute Gasteiger partial charge is 0.497 e. The smallest absolute Gasteiger partial charge is 0.119 e. The maximum Gasteiger partial charge on any atom is 0.119 e. The van der Waals surface area contributed by atoms with Crippen molar-refractivity contribution in [1.82, 2.24) is 4.90 Å². The maximum atomic E-state index is 9.53. The number of piperidine rings is 1. The fourth-order valence-corrected chi connectivity index (χ4v) is 3.00. The Hall–Kier alpha value is -1.02. The fourth-order valence-electron chi connectivity index (χ4n) is 3.00. The van der Waals surface area contributed by atoms with Crippen molar-refractivity contribution in [2.45, 2.75) is 49.7 Å². The summed E-state index contributed by atoms with van der Waals surface area (Å²) in [6.07, 6.45) is -20.2. The topological polar surface area (TPSA) is 12.5 Å². The molecule has 2 fully saturated rings. The summed E-state index contributed by atoms with van der Waals surface area (Å²) in [5.74, 6) is -4.07. The van der Waals surface area contributed by atoms with Crippen molar-refractivity contribution in [2.24, 2.45) is 5.89 Å². The average Bonchev–Trinajstić information content (AvgIpc) is 2.69. The molecule has 20 heavy (non-hydrogen) atoms. The van der Waals surface area contributed by atoms with Crippen LogP contribution in [0.1, 0.15) is 69.0 Å². The summed E-state index contributed by atoms with van der Waals surface area (Å²) in [5, 5.41) is 0. The molecule has 1 aromatic rings. The molecule has 1 aromatic carbocycles. The van der Waals surface area contributed by atoms with Crippen LogP contribution in [0.5, 0.6) is 5.75 Å². The summed E-state index contributed by atoms with van der Waals surface area (Å²) in [4.78, 5) is -0.0497. The van der Waals surface area contributed by atoms with Gasteiger partial charge in [-0.1, -0.05) is 18.8 Å². The van der Waals surface area contributed by atoms with E-state index in [2.05, 4.69) is 0 Å². The quantitative estimate of drug-likeness (QED) is 0.786. The third kappa shape index (κ3) is 1.60. The first-order chi connectivity index (χ1) is 17.0. The third-order valence-corrected chi connectivity index (χ3v) is 3.94. The Balaban J connectivity index is 2.31. The van der Waals surface area contributed by atoms with Crippen LogP contribution in [0.2, 0.25) is 0 Å². The van der Waals surface area contributed by atoms with Crippen LogP contribution in [0.25, 0.3) is 0 Å². The summed E-state index contributed by atoms with van der Waals surface area (Å²) < 4.78 is 165. The zero-order valence-corrected chi connectivity index (χ0v) is 10.4. The standard InChI is InChI=1S/C18H25NO/c1-19-10-9-18-8-4-3-5-15(18)17(19)11-13-6-7-14(20-2)12-16(13)18/h6-7,12,15,17H,3-5,8-11H2,1-2H3/t15-,17?,18+/m1/s1/i1D3,2D3,3D2,4D2,5D2,8D2,9D2,10D2,15D. The van der Waals surface area contributed by atoms with Crippen LogP contribution < -0.4 is 4.74 Å². The van der Waals surface area contributed by atoms with Crippen molar-refractivity contribution in [3.63, 3.8) is 0 Å². The molecule has 2 nitrogen and oxygen atoms in total. The lowest BCUT2D eigenvalue weighted by atomic mass is 9.52. The first-order valence-corrected chi connectivity index (χ1v) is 6.15. The number of nitrogens with zero attached hydrogens (tertiary/aromatic N) is 1. The number of methoxy groups -OCH3 is 1. The number of hydrogen-bond acceptors (Lipinski definition) is 2. The minimum Gasteiger partial charge on any atom is -0.497 e. The lowest BCUT2D eigenvalue weighted by Crippen LogP contribution is -2.59. The van der Waals surface area contributed by atoms with Gasteiger partial charge in [-0.3, -0.25) is 0 Å². The molecular weight excluding hydrogens is 246 g/mol. The van der Waals surface area contributed by atoms with Crippen LogP contribution in [0.4, 0.5) is 0 Å². The van der Waals surface area contributed by atoms with Crippen molar-refractivity contribution < 1.29 is 30.8 Å². The van der Waals surface area contributed by atoms with Gasteiger partial charge in [-0.15, -0.1) is 0 Å². The van der Waals surface area contributed by atoms with Crippen molar-refractivity contribution in [2.75, 3.05) is 20.5 Å². The van der Waals surface area contributed by atoms with Gasteiger partial charge in [0.25, 0.3) is 0 Å². The van der Waals surface area contributed by atoms with Gasteiger partial charge < -0.3 is 9.64 Å². The lowest BCUT2D eigenvalue weighted by molar-refractivity contribution is 0.00274. The Morgan fingerprint density at radius 3 is 3.35 bits per heavy atom. The van der Waals surface area contributed by atoms with Gasteiger partial charge in [0.2, 0.25) is 0 Å². The van der Waals surface area contributed by atoms with Gasteiger partial charge >= 0.3 is 0 Å². The predicted octanol–water partition coefficient (Wildman–Crippen LogP) is 3.38. The van der Waals surface area contributed by atoms with Gasteiger partial charge in [-0.25, -0.2) is 0 Å². The molecule has 0 amide bonds. The molecule has 1 unspecified atom stereocenters. The van der Waals surface area contributed by atoms with Crippen LogP contribution in [0.3, 0.4) is 0 Å². The van der Waals surface area contributed by atoms with E-state index in [1.807, 2.05) is 0 Å². The SMILES string of the molecule is [2H]C([2H])([2H])Oc1ccc2c(c1)[C@@]13C([2H])([2H])C([2H])([2H])N(C([2H])([2H])[2H])C(C2)[C@@]1([2H])C([2H])([2H])C([2H])([2H])C([2H])([2H])C3([2H])[2H]. The summed E-state index contributed by atoms with van der Waals surface area (Å²) in [6.45, 7) is -7.23. The summed E-state index contributed by atoms with van der Waals surface area (Å²) in [7, 11) is -3.08. The minimum atomic E-state index is -3.94. The molecule has 3 atom stereocenters. The van der Waals surface area contributed by atoms with E-state index in [-0.39, 0.29) is 10.5 Å². The maximum absolute atomic E-state index is 9.53. The molecule has 1 saturated heterocycles. The monoisotopic (exact) mass is 290 g/mol. The van der Waals surface area contributed by atoms with Gasteiger partial charge in [0.1, 0.15) is 5.75 Å². The van der Waals surface area contributed by atoms with Crippen LogP contribution in [0.15, 0.2) is 18.2 Å². The highest BCUT2D eigenvalue weighted by molar-refractivity contribution is 5.45. The van der Waals surface area contributed by atoms with E-state index in [4.69, 9.17) is 29.4 Å². The number of benzene rings is 1. The van der Waals surface area contributed by atoms with Crippen LogP contribution in [-0.2, 0) is 11.8 Å². The van der Waals surface area contributed by atoms with Crippen LogP contribution in [0, 0.1) is 5.89 Å². The second-order valence-electron chi connectivity index (χ2n) is 4.91.